The molecule has 9 rings (SSSR count). The van der Waals surface area contributed by atoms with Crippen molar-refractivity contribution >= 4 is 29.3 Å². The van der Waals surface area contributed by atoms with E-state index in [1.165, 1.54) is 0 Å². The van der Waals surface area contributed by atoms with Crippen LogP contribution in [0.25, 0.3) is 0 Å². The van der Waals surface area contributed by atoms with Crippen molar-refractivity contribution in [1.29, 1.82) is 0 Å². The highest BCUT2D eigenvalue weighted by Gasteiger charge is 2.78. The third-order valence-electron chi connectivity index (χ3n) is 13.1. The minimum absolute atomic E-state index is 0.0172. The molecule has 2 aromatic carbocycles. The molecule has 56 heavy (non-hydrogen) atoms. The van der Waals surface area contributed by atoms with E-state index in [0.717, 1.165) is 68.4 Å². The number of fused-ring (bicyclic) bond motifs is 3. The maximum atomic E-state index is 14.4. The van der Waals surface area contributed by atoms with E-state index in [2.05, 4.69) is 49.0 Å². The van der Waals surface area contributed by atoms with Crippen LogP contribution in [0, 0.1) is 17.3 Å². The Morgan fingerprint density at radius 2 is 1.82 bits per heavy atom. The molecule has 4 aromatic rings. The highest BCUT2D eigenvalue weighted by Crippen LogP contribution is 2.70. The van der Waals surface area contributed by atoms with Crippen LogP contribution < -0.4 is 10.6 Å². The first kappa shape index (κ1) is 36.4. The quantitative estimate of drug-likeness (QED) is 0.124. The number of alkyl halides is 2. The minimum Gasteiger partial charge on any atom is -0.322 e. The van der Waals surface area contributed by atoms with E-state index in [0.29, 0.717) is 41.4 Å². The highest BCUT2D eigenvalue weighted by atomic mass is 19.3. The molecule has 14 heteroatoms. The maximum Gasteiger partial charge on any atom is 0.276 e. The topological polar surface area (TPSA) is 145 Å². The number of H-pyrrole nitrogens is 1. The molecule has 0 bridgehead atoms. The number of nitrogens with one attached hydrogen (secondary N) is 3. The number of aromatic nitrogens is 4. The second-order valence-corrected chi connectivity index (χ2v) is 16.5. The molecular weight excluding hydrogens is 719 g/mol. The predicted molar refractivity (Wildman–Crippen MR) is 202 cm³/mol. The Bertz CT molecular complexity index is 2200. The maximum absolute atomic E-state index is 14.4. The normalized spacial score (nSPS) is 24.6. The van der Waals surface area contributed by atoms with Gasteiger partial charge in [0.1, 0.15) is 6.04 Å². The monoisotopic (exact) mass is 764 g/mol. The summed E-state index contributed by atoms with van der Waals surface area (Å²) in [6, 6.07) is 15.5. The van der Waals surface area contributed by atoms with Gasteiger partial charge in [-0.15, -0.1) is 0 Å². The number of carbonyl (C=O) groups is 4. The Hall–Kier alpha value is -5.24. The van der Waals surface area contributed by atoms with Crippen LogP contribution in [0.3, 0.4) is 0 Å². The molecule has 4 amide bonds. The first-order chi connectivity index (χ1) is 27.0. The fourth-order valence-corrected chi connectivity index (χ4v) is 9.71. The zero-order chi connectivity index (χ0) is 38.8. The molecule has 3 fully saturated rings. The van der Waals surface area contributed by atoms with E-state index >= 15 is 0 Å². The Kier molecular flexibility index (Phi) is 9.13. The molecule has 2 aliphatic carbocycles. The molecule has 4 atom stereocenters. The summed E-state index contributed by atoms with van der Waals surface area (Å²) in [5, 5.41) is 17.0. The highest BCUT2D eigenvalue weighted by molar-refractivity contribution is 6.05. The zero-order valence-electron chi connectivity index (χ0n) is 31.4. The lowest BCUT2D eigenvalue weighted by atomic mass is 9.86. The number of carbonyl (C=O) groups excluding carboxylic acids is 4. The van der Waals surface area contributed by atoms with Crippen molar-refractivity contribution < 1.29 is 28.0 Å². The molecule has 2 unspecified atom stereocenters. The van der Waals surface area contributed by atoms with E-state index in [4.69, 9.17) is 0 Å². The van der Waals surface area contributed by atoms with Gasteiger partial charge in [-0.05, 0) is 61.4 Å². The number of imide groups is 1. The van der Waals surface area contributed by atoms with Gasteiger partial charge in [0.2, 0.25) is 11.8 Å². The third-order valence-corrected chi connectivity index (χ3v) is 13.1. The van der Waals surface area contributed by atoms with Gasteiger partial charge in [0.25, 0.3) is 17.7 Å². The summed E-state index contributed by atoms with van der Waals surface area (Å²) in [4.78, 5) is 54.7. The molecule has 3 N–H and O–H groups in total. The molecule has 3 aliphatic heterocycles. The van der Waals surface area contributed by atoms with Crippen molar-refractivity contribution in [1.82, 2.24) is 35.1 Å². The van der Waals surface area contributed by atoms with E-state index in [1.54, 1.807) is 18.0 Å². The predicted octanol–water partition coefficient (Wildman–Crippen LogP) is 5.31. The van der Waals surface area contributed by atoms with E-state index in [9.17, 15) is 28.0 Å². The van der Waals surface area contributed by atoms with Gasteiger partial charge in [-0.1, -0.05) is 62.2 Å². The molecule has 5 heterocycles. The SMILES string of the molecule is C[C@]12Cc3[nH]nc(C(=O)Nc4cnn([C@@H](c5ccccc5)C5CN(CCCCCCc6cccc7c6CN(C6CCC(=O)NC6=O)C7=O)C5)c4)c3CC1C2(F)F. The van der Waals surface area contributed by atoms with Crippen molar-refractivity contribution in [3.05, 3.63) is 100 Å². The first-order valence-corrected chi connectivity index (χ1v) is 19.8. The van der Waals surface area contributed by atoms with Crippen molar-refractivity contribution in [2.45, 2.75) is 89.3 Å². The Morgan fingerprint density at radius 3 is 2.62 bits per heavy atom. The lowest BCUT2D eigenvalue weighted by molar-refractivity contribution is -0.136. The summed E-state index contributed by atoms with van der Waals surface area (Å²) in [6.45, 7) is 4.88. The van der Waals surface area contributed by atoms with E-state index in [1.807, 2.05) is 41.2 Å². The molecule has 5 aliphatic rings. The second-order valence-electron chi connectivity index (χ2n) is 16.5. The average Bonchev–Trinajstić information content (AvgIpc) is 3.71. The standard InChI is InChI=1S/C42H46F2N8O4/c1-41-19-32-30(18-34(41)42(41,43)44)36(49-48-32)39(55)46-28-20-45-52(23-28)37(26-11-6-4-7-12-26)27-21-50(22-27)17-8-3-2-5-10-25-13-9-14-29-31(25)24-51(40(29)56)33-15-16-35(53)47-38(33)54/h4,6-7,9,11-14,20,23,27,33-34,37H,2-3,5,8,10,15-19,21-22,24H2,1H3,(H,46,55)(H,48,49)(H,47,53,54)/t33?,34?,37-,41-/m0/s1. The number of hydrogen-bond acceptors (Lipinski definition) is 7. The van der Waals surface area contributed by atoms with Crippen LogP contribution in [-0.2, 0) is 35.4 Å². The molecule has 0 radical (unpaired) electrons. The number of hydrogen-bond donors (Lipinski definition) is 3. The smallest absolute Gasteiger partial charge is 0.276 e. The summed E-state index contributed by atoms with van der Waals surface area (Å²) in [5.74, 6) is -4.40. The van der Waals surface area contributed by atoms with Crippen LogP contribution in [0.15, 0.2) is 60.9 Å². The molecule has 292 valence electrons. The van der Waals surface area contributed by atoms with Crippen LogP contribution >= 0.6 is 0 Å². The van der Waals surface area contributed by atoms with Crippen LogP contribution in [0.4, 0.5) is 14.5 Å². The first-order valence-electron chi connectivity index (χ1n) is 19.8. The van der Waals surface area contributed by atoms with Gasteiger partial charge < -0.3 is 15.1 Å². The van der Waals surface area contributed by atoms with Gasteiger partial charge in [0.15, 0.2) is 5.69 Å². The molecular formula is C42H46F2N8O4. The molecule has 2 saturated heterocycles. The van der Waals surface area contributed by atoms with Crippen LogP contribution in [-0.4, -0.2) is 85.0 Å². The van der Waals surface area contributed by atoms with E-state index < -0.39 is 29.2 Å². The van der Waals surface area contributed by atoms with Crippen molar-refractivity contribution in [3.8, 4) is 0 Å². The molecule has 2 aromatic heterocycles. The number of rotatable bonds is 13. The number of benzene rings is 2. The third kappa shape index (κ3) is 6.31. The Balaban J connectivity index is 0.753. The number of unbranched alkanes of at least 4 members (excludes halogenated alkanes) is 3. The number of aryl methyl sites for hydroxylation is 1. The largest absolute Gasteiger partial charge is 0.322 e. The summed E-state index contributed by atoms with van der Waals surface area (Å²) in [6.07, 6.45) is 9.55. The van der Waals surface area contributed by atoms with Gasteiger partial charge in [-0.25, -0.2) is 8.78 Å². The average molecular weight is 765 g/mol. The number of halogens is 2. The summed E-state index contributed by atoms with van der Waals surface area (Å²) >= 11 is 0. The lowest BCUT2D eigenvalue weighted by Crippen LogP contribution is -2.52. The van der Waals surface area contributed by atoms with Crippen molar-refractivity contribution in [2.75, 3.05) is 25.0 Å². The fourth-order valence-electron chi connectivity index (χ4n) is 9.71. The van der Waals surface area contributed by atoms with Crippen LogP contribution in [0.1, 0.15) is 100 Å². The molecule has 1 saturated carbocycles. The Labute approximate surface area is 323 Å². The minimum atomic E-state index is -2.73. The van der Waals surface area contributed by atoms with Crippen molar-refractivity contribution in [2.24, 2.45) is 17.3 Å². The zero-order valence-corrected chi connectivity index (χ0v) is 31.4. The van der Waals surface area contributed by atoms with Gasteiger partial charge in [0.05, 0.1) is 17.9 Å². The second kappa shape index (κ2) is 14.1. The van der Waals surface area contributed by atoms with Gasteiger partial charge in [0, 0.05) is 72.7 Å². The van der Waals surface area contributed by atoms with Crippen LogP contribution in [0.5, 0.6) is 0 Å². The number of amides is 4. The number of aromatic amines is 1. The van der Waals surface area contributed by atoms with Gasteiger partial charge in [-0.2, -0.15) is 10.2 Å². The summed E-state index contributed by atoms with van der Waals surface area (Å²) in [5.41, 5.74) is 4.81. The lowest BCUT2D eigenvalue weighted by Gasteiger charge is -2.43. The number of anilines is 1. The van der Waals surface area contributed by atoms with Gasteiger partial charge >= 0.3 is 0 Å². The Morgan fingerprint density at radius 1 is 1.02 bits per heavy atom. The number of nitrogens with zero attached hydrogens (tertiary/aromatic N) is 5. The summed E-state index contributed by atoms with van der Waals surface area (Å²) < 4.78 is 30.8. The van der Waals surface area contributed by atoms with Crippen LogP contribution in [0.2, 0.25) is 0 Å². The number of piperidine rings is 1. The van der Waals surface area contributed by atoms with Crippen molar-refractivity contribution in [3.63, 3.8) is 0 Å². The molecule has 12 nitrogen and oxygen atoms in total. The number of likely N-dealkylation sites (tertiary alicyclic amines) is 1. The fraction of sp³-hybridized carbons (Fsp3) is 0.476. The van der Waals surface area contributed by atoms with E-state index in [-0.39, 0.29) is 48.7 Å². The van der Waals surface area contributed by atoms with Gasteiger partial charge in [-0.3, -0.25) is 34.3 Å². The summed E-state index contributed by atoms with van der Waals surface area (Å²) in [7, 11) is 0. The molecule has 0 spiro atoms.